The summed E-state index contributed by atoms with van der Waals surface area (Å²) in [7, 11) is -1.85. The molecule has 0 aliphatic carbocycles. The van der Waals surface area contributed by atoms with Crippen molar-refractivity contribution in [3.63, 3.8) is 0 Å². The topological polar surface area (TPSA) is 20.2 Å². The highest BCUT2D eigenvalue weighted by Gasteiger charge is 2.27. The van der Waals surface area contributed by atoms with Crippen molar-refractivity contribution in [2.45, 2.75) is 66.1 Å². The monoisotopic (exact) mass is 216 g/mol. The maximum atomic E-state index is 9.87. The Morgan fingerprint density at radius 3 is 1.93 bits per heavy atom. The maximum absolute atomic E-state index is 9.87. The molecule has 1 N–H and O–H groups in total. The van der Waals surface area contributed by atoms with Crippen LogP contribution in [0.25, 0.3) is 0 Å². The summed E-state index contributed by atoms with van der Waals surface area (Å²) in [5.74, 6) is 0.673. The van der Waals surface area contributed by atoms with Gasteiger partial charge in [0.1, 0.15) is 0 Å². The van der Waals surface area contributed by atoms with Crippen LogP contribution in [0.5, 0.6) is 0 Å². The van der Waals surface area contributed by atoms with E-state index >= 15 is 0 Å². The van der Waals surface area contributed by atoms with Gasteiger partial charge in [0.2, 0.25) is 0 Å². The van der Waals surface area contributed by atoms with Crippen LogP contribution in [-0.4, -0.2) is 13.1 Å². The van der Waals surface area contributed by atoms with Crippen molar-refractivity contribution in [1.82, 2.24) is 0 Å². The fourth-order valence-corrected chi connectivity index (χ4v) is 4.15. The normalized spacial score (nSPS) is 15.6. The molecule has 0 aromatic rings. The second kappa shape index (κ2) is 5.31. The highest BCUT2D eigenvalue weighted by molar-refractivity contribution is 6.69. The predicted molar refractivity (Wildman–Crippen MR) is 67.0 cm³/mol. The van der Waals surface area contributed by atoms with Gasteiger partial charge in [0.25, 0.3) is 0 Å². The van der Waals surface area contributed by atoms with Gasteiger partial charge in [-0.15, -0.1) is 0 Å². The molecule has 0 fully saturated rings. The number of hydrogen-bond donors (Lipinski definition) is 1. The van der Waals surface area contributed by atoms with Gasteiger partial charge in [-0.3, -0.25) is 0 Å². The van der Waals surface area contributed by atoms with Gasteiger partial charge in [-0.25, -0.2) is 0 Å². The molecule has 0 rings (SSSR count). The summed E-state index contributed by atoms with van der Waals surface area (Å²) in [6.07, 6.45) is 3.76. The molecule has 2 heteroatoms. The van der Waals surface area contributed by atoms with Gasteiger partial charge in [0.05, 0.1) is 0 Å². The molecular formula is C12H28OSi. The zero-order chi connectivity index (χ0) is 11.4. The average Bonchev–Trinajstić information content (AvgIpc) is 2.00. The van der Waals surface area contributed by atoms with Crippen LogP contribution in [0.4, 0.5) is 0 Å². The van der Waals surface area contributed by atoms with Crippen molar-refractivity contribution in [3.8, 4) is 0 Å². The van der Waals surface area contributed by atoms with Crippen molar-refractivity contribution in [2.75, 3.05) is 0 Å². The molecule has 0 aliphatic rings. The minimum Gasteiger partial charge on any atom is -0.432 e. The largest absolute Gasteiger partial charge is 0.432 e. The highest BCUT2D eigenvalue weighted by Crippen LogP contribution is 2.35. The van der Waals surface area contributed by atoms with Crippen LogP contribution < -0.4 is 0 Å². The summed E-state index contributed by atoms with van der Waals surface area (Å²) in [5.41, 5.74) is 0.485. The van der Waals surface area contributed by atoms with Gasteiger partial charge in [0, 0.05) is 0 Å². The van der Waals surface area contributed by atoms with E-state index in [9.17, 15) is 4.80 Å². The van der Waals surface area contributed by atoms with E-state index in [1.807, 2.05) is 13.1 Å². The van der Waals surface area contributed by atoms with Crippen LogP contribution >= 0.6 is 0 Å². The Bertz CT molecular complexity index is 156. The first kappa shape index (κ1) is 14.2. The first-order valence-corrected chi connectivity index (χ1v) is 9.10. The molecule has 86 valence electrons. The molecular weight excluding hydrogens is 188 g/mol. The van der Waals surface area contributed by atoms with E-state index in [0.29, 0.717) is 11.3 Å². The summed E-state index contributed by atoms with van der Waals surface area (Å²) < 4.78 is 0. The Labute approximate surface area is 91.1 Å². The van der Waals surface area contributed by atoms with Crippen molar-refractivity contribution < 1.29 is 4.80 Å². The van der Waals surface area contributed by atoms with E-state index in [-0.39, 0.29) is 0 Å². The predicted octanol–water partition coefficient (Wildman–Crippen LogP) is 4.04. The van der Waals surface area contributed by atoms with E-state index in [2.05, 4.69) is 27.7 Å². The molecule has 0 aromatic heterocycles. The summed E-state index contributed by atoms with van der Waals surface area (Å²) in [6.45, 7) is 13.3. The molecule has 0 aromatic carbocycles. The zero-order valence-electron chi connectivity index (χ0n) is 10.9. The van der Waals surface area contributed by atoms with Crippen LogP contribution in [0, 0.1) is 11.3 Å². The molecule has 0 amide bonds. The summed E-state index contributed by atoms with van der Waals surface area (Å²) >= 11 is 0. The molecule has 1 unspecified atom stereocenters. The molecule has 0 aliphatic heterocycles. The molecule has 0 heterocycles. The molecule has 0 saturated carbocycles. The molecule has 0 saturated heterocycles. The van der Waals surface area contributed by atoms with E-state index in [1.165, 1.54) is 19.3 Å². The quantitative estimate of drug-likeness (QED) is 0.665. The van der Waals surface area contributed by atoms with Crippen molar-refractivity contribution in [1.29, 1.82) is 0 Å². The van der Waals surface area contributed by atoms with Gasteiger partial charge < -0.3 is 4.80 Å². The minimum absolute atomic E-state index is 0.485. The fraction of sp³-hybridized carbons (Fsp3) is 1.00. The van der Waals surface area contributed by atoms with Crippen molar-refractivity contribution in [2.24, 2.45) is 11.3 Å². The summed E-state index contributed by atoms with van der Waals surface area (Å²) in [6, 6.07) is 1.04. The van der Waals surface area contributed by atoms with E-state index < -0.39 is 8.32 Å². The zero-order valence-corrected chi connectivity index (χ0v) is 11.9. The third-order valence-electron chi connectivity index (χ3n) is 3.40. The lowest BCUT2D eigenvalue weighted by atomic mass is 9.78. The fourth-order valence-electron chi connectivity index (χ4n) is 2.30. The molecule has 0 radical (unpaired) electrons. The minimum atomic E-state index is -1.85. The molecule has 14 heavy (non-hydrogen) atoms. The highest BCUT2D eigenvalue weighted by atomic mass is 28.4. The number of hydrogen-bond acceptors (Lipinski definition) is 1. The van der Waals surface area contributed by atoms with E-state index in [0.717, 1.165) is 6.04 Å². The molecule has 1 atom stereocenters. The van der Waals surface area contributed by atoms with Crippen LogP contribution in [0.15, 0.2) is 0 Å². The lowest BCUT2D eigenvalue weighted by Crippen LogP contribution is -2.29. The Kier molecular flexibility index (Phi) is 5.38. The number of rotatable bonds is 6. The SMILES string of the molecule is CCC(C)(CC)CC(C)C[Si](C)(C)O. The van der Waals surface area contributed by atoms with Crippen LogP contribution in [-0.2, 0) is 0 Å². The Hall–Kier alpha value is 0.177. The lowest BCUT2D eigenvalue weighted by Gasteiger charge is -2.31. The second-order valence-corrected chi connectivity index (χ2v) is 9.88. The Morgan fingerprint density at radius 2 is 1.64 bits per heavy atom. The van der Waals surface area contributed by atoms with Crippen LogP contribution in [0.3, 0.4) is 0 Å². The Balaban J connectivity index is 4.10. The van der Waals surface area contributed by atoms with E-state index in [4.69, 9.17) is 0 Å². The van der Waals surface area contributed by atoms with Gasteiger partial charge in [0.15, 0.2) is 8.32 Å². The van der Waals surface area contributed by atoms with Crippen molar-refractivity contribution in [3.05, 3.63) is 0 Å². The maximum Gasteiger partial charge on any atom is 0.182 e. The van der Waals surface area contributed by atoms with Crippen LogP contribution in [0.1, 0.15) is 47.0 Å². The summed E-state index contributed by atoms with van der Waals surface area (Å²) in [5, 5.41) is 0. The third kappa shape index (κ3) is 5.81. The van der Waals surface area contributed by atoms with Gasteiger partial charge in [-0.05, 0) is 36.9 Å². The smallest absolute Gasteiger partial charge is 0.182 e. The van der Waals surface area contributed by atoms with Crippen molar-refractivity contribution >= 4 is 8.32 Å². The lowest BCUT2D eigenvalue weighted by molar-refractivity contribution is 0.233. The molecule has 0 spiro atoms. The van der Waals surface area contributed by atoms with Gasteiger partial charge in [-0.2, -0.15) is 0 Å². The van der Waals surface area contributed by atoms with Gasteiger partial charge in [-0.1, -0.05) is 40.5 Å². The summed E-state index contributed by atoms with van der Waals surface area (Å²) in [4.78, 5) is 9.87. The van der Waals surface area contributed by atoms with E-state index in [1.54, 1.807) is 0 Å². The molecule has 1 nitrogen and oxygen atoms in total. The standard InChI is InChI=1S/C12H28OSi/c1-7-12(4,8-2)9-11(3)10-14(5,6)13/h11,13H,7-10H2,1-6H3. The first-order valence-electron chi connectivity index (χ1n) is 5.95. The third-order valence-corrected chi connectivity index (χ3v) is 5.09. The Morgan fingerprint density at radius 1 is 1.21 bits per heavy atom. The van der Waals surface area contributed by atoms with Gasteiger partial charge >= 0.3 is 0 Å². The first-order chi connectivity index (χ1) is 6.22. The average molecular weight is 216 g/mol. The second-order valence-electron chi connectivity index (χ2n) is 5.84. The van der Waals surface area contributed by atoms with Crippen LogP contribution in [0.2, 0.25) is 19.1 Å². The molecule has 0 bridgehead atoms.